The Labute approximate surface area is 108 Å². The molecule has 0 spiro atoms. The number of nitrogens with zero attached hydrogens (tertiary/aromatic N) is 1. The molecule has 1 rings (SSSR count). The lowest BCUT2D eigenvalue weighted by molar-refractivity contribution is -0.139. The molecule has 0 saturated heterocycles. The van der Waals surface area contributed by atoms with Crippen LogP contribution in [0.15, 0.2) is 0 Å². The molecule has 18 heavy (non-hydrogen) atoms. The fourth-order valence-corrected chi connectivity index (χ4v) is 2.52. The lowest BCUT2D eigenvalue weighted by atomic mass is 9.83. The molecule has 0 aromatic carbocycles. The third kappa shape index (κ3) is 4.36. The normalized spacial score (nSPS) is 17.6. The van der Waals surface area contributed by atoms with E-state index in [1.54, 1.807) is 6.07 Å². The highest BCUT2D eigenvalue weighted by molar-refractivity contribution is 6.35. The molecule has 1 aliphatic rings. The van der Waals surface area contributed by atoms with Gasteiger partial charge in [0.25, 0.3) is 0 Å². The first-order valence-electron chi connectivity index (χ1n) is 6.64. The summed E-state index contributed by atoms with van der Waals surface area (Å²) in [4.78, 5) is 23.0. The Kier molecular flexibility index (Phi) is 6.20. The maximum Gasteiger partial charge on any atom is 0.310 e. The third-order valence-corrected chi connectivity index (χ3v) is 3.51. The van der Waals surface area contributed by atoms with Crippen molar-refractivity contribution >= 4 is 11.8 Å². The zero-order valence-electron chi connectivity index (χ0n) is 10.9. The minimum atomic E-state index is -0.717. The smallest absolute Gasteiger partial charge is 0.310 e. The van der Waals surface area contributed by atoms with E-state index >= 15 is 0 Å². The van der Waals surface area contributed by atoms with Crippen molar-refractivity contribution in [3.8, 4) is 6.07 Å². The van der Waals surface area contributed by atoms with Crippen LogP contribution >= 0.6 is 0 Å². The molecule has 2 N–H and O–H groups in total. The van der Waals surface area contributed by atoms with Gasteiger partial charge in [-0.2, -0.15) is 5.26 Å². The Morgan fingerprint density at radius 2 is 1.94 bits per heavy atom. The van der Waals surface area contributed by atoms with Gasteiger partial charge in [0.05, 0.1) is 6.07 Å². The average Bonchev–Trinajstić information content (AvgIpc) is 2.42. The Balaban J connectivity index is 2.44. The number of rotatable bonds is 4. The van der Waals surface area contributed by atoms with Gasteiger partial charge in [-0.1, -0.05) is 26.2 Å². The topological polar surface area (TPSA) is 82.0 Å². The first-order chi connectivity index (χ1) is 8.69. The maximum atomic E-state index is 11.6. The third-order valence-electron chi connectivity index (χ3n) is 3.51. The molecule has 1 saturated carbocycles. The molecule has 0 aromatic rings. The molecule has 0 heterocycles. The van der Waals surface area contributed by atoms with Crippen LogP contribution < -0.4 is 10.6 Å². The fraction of sp³-hybridized carbons (Fsp3) is 0.769. The highest BCUT2D eigenvalue weighted by atomic mass is 16.2. The molecule has 0 bridgehead atoms. The number of nitrogens with one attached hydrogen (secondary N) is 2. The summed E-state index contributed by atoms with van der Waals surface area (Å²) >= 11 is 0. The van der Waals surface area contributed by atoms with E-state index in [2.05, 4.69) is 10.6 Å². The minimum absolute atomic E-state index is 0.0747. The molecule has 100 valence electrons. The standard InChI is InChI=1S/C13H21N3O2/c1-2-11(10-6-4-3-5-7-10)16-13(18)12(17)15-9-8-14/h10-11H,2-7,9H2,1H3,(H,15,17)(H,16,18). The van der Waals surface area contributed by atoms with E-state index in [1.165, 1.54) is 19.3 Å². The van der Waals surface area contributed by atoms with Gasteiger partial charge in [0.2, 0.25) is 0 Å². The first kappa shape index (κ1) is 14.5. The van der Waals surface area contributed by atoms with Gasteiger partial charge in [-0.05, 0) is 25.2 Å². The van der Waals surface area contributed by atoms with Crippen LogP contribution in [0.3, 0.4) is 0 Å². The van der Waals surface area contributed by atoms with Crippen molar-refractivity contribution in [3.05, 3.63) is 0 Å². The SMILES string of the molecule is CCC(NC(=O)C(=O)NCC#N)C1CCCCC1. The summed E-state index contributed by atoms with van der Waals surface area (Å²) in [5, 5.41) is 13.4. The molecule has 0 radical (unpaired) electrons. The van der Waals surface area contributed by atoms with E-state index < -0.39 is 11.8 Å². The Morgan fingerprint density at radius 1 is 1.28 bits per heavy atom. The fourth-order valence-electron chi connectivity index (χ4n) is 2.52. The second kappa shape index (κ2) is 7.70. The van der Waals surface area contributed by atoms with Crippen molar-refractivity contribution in [2.45, 2.75) is 51.5 Å². The minimum Gasteiger partial charge on any atom is -0.345 e. The monoisotopic (exact) mass is 251 g/mol. The van der Waals surface area contributed by atoms with Crippen LogP contribution in [0.5, 0.6) is 0 Å². The van der Waals surface area contributed by atoms with E-state index in [4.69, 9.17) is 5.26 Å². The van der Waals surface area contributed by atoms with Gasteiger partial charge < -0.3 is 10.6 Å². The van der Waals surface area contributed by atoms with Gasteiger partial charge in [0.15, 0.2) is 0 Å². The predicted octanol–water partition coefficient (Wildman–Crippen LogP) is 1.10. The van der Waals surface area contributed by atoms with Crippen molar-refractivity contribution in [1.29, 1.82) is 5.26 Å². The van der Waals surface area contributed by atoms with Crippen molar-refractivity contribution < 1.29 is 9.59 Å². The zero-order chi connectivity index (χ0) is 13.4. The molecular weight excluding hydrogens is 230 g/mol. The van der Waals surface area contributed by atoms with Crippen LogP contribution in [0.1, 0.15) is 45.4 Å². The molecule has 1 unspecified atom stereocenters. The number of amides is 2. The molecule has 1 fully saturated rings. The summed E-state index contributed by atoms with van der Waals surface area (Å²) in [5.74, 6) is -0.857. The van der Waals surface area contributed by atoms with Gasteiger partial charge in [-0.3, -0.25) is 9.59 Å². The predicted molar refractivity (Wildman–Crippen MR) is 67.4 cm³/mol. The number of carbonyl (C=O) groups excluding carboxylic acids is 2. The van der Waals surface area contributed by atoms with Crippen molar-refractivity contribution in [1.82, 2.24) is 10.6 Å². The maximum absolute atomic E-state index is 11.6. The number of hydrogen-bond donors (Lipinski definition) is 2. The largest absolute Gasteiger partial charge is 0.345 e. The lowest BCUT2D eigenvalue weighted by Gasteiger charge is -2.30. The van der Waals surface area contributed by atoms with Gasteiger partial charge in [0.1, 0.15) is 6.54 Å². The van der Waals surface area contributed by atoms with Crippen molar-refractivity contribution in [3.63, 3.8) is 0 Å². The average molecular weight is 251 g/mol. The molecule has 2 amide bonds. The Morgan fingerprint density at radius 3 is 2.50 bits per heavy atom. The molecule has 0 aliphatic heterocycles. The molecule has 0 aromatic heterocycles. The zero-order valence-corrected chi connectivity index (χ0v) is 10.9. The lowest BCUT2D eigenvalue weighted by Crippen LogP contribution is -2.47. The Hall–Kier alpha value is -1.57. The van der Waals surface area contributed by atoms with Crippen LogP contribution in [-0.2, 0) is 9.59 Å². The number of carbonyl (C=O) groups is 2. The van der Waals surface area contributed by atoms with E-state index in [1.807, 2.05) is 6.92 Å². The second-order valence-electron chi connectivity index (χ2n) is 4.73. The van der Waals surface area contributed by atoms with Crippen molar-refractivity contribution in [2.75, 3.05) is 6.54 Å². The van der Waals surface area contributed by atoms with Gasteiger partial charge in [-0.25, -0.2) is 0 Å². The second-order valence-corrected chi connectivity index (χ2v) is 4.73. The quantitative estimate of drug-likeness (QED) is 0.580. The van der Waals surface area contributed by atoms with Gasteiger partial charge in [-0.15, -0.1) is 0 Å². The van der Waals surface area contributed by atoms with E-state index in [0.717, 1.165) is 19.3 Å². The highest BCUT2D eigenvalue weighted by Crippen LogP contribution is 2.27. The van der Waals surface area contributed by atoms with Gasteiger partial charge in [0, 0.05) is 6.04 Å². The van der Waals surface area contributed by atoms with Crippen LogP contribution in [0.4, 0.5) is 0 Å². The summed E-state index contributed by atoms with van der Waals surface area (Å²) < 4.78 is 0. The molecule has 5 heteroatoms. The van der Waals surface area contributed by atoms with Gasteiger partial charge >= 0.3 is 11.8 Å². The summed E-state index contributed by atoms with van der Waals surface area (Å²) in [5.41, 5.74) is 0. The molecule has 1 aliphatic carbocycles. The molecular formula is C13H21N3O2. The van der Waals surface area contributed by atoms with Crippen molar-refractivity contribution in [2.24, 2.45) is 5.92 Å². The number of nitriles is 1. The molecule has 5 nitrogen and oxygen atoms in total. The summed E-state index contributed by atoms with van der Waals surface area (Å²) in [6, 6.07) is 1.85. The van der Waals surface area contributed by atoms with Crippen LogP contribution in [0, 0.1) is 17.2 Å². The summed E-state index contributed by atoms with van der Waals surface area (Å²) in [7, 11) is 0. The molecule has 1 atom stereocenters. The van der Waals surface area contributed by atoms with E-state index in [9.17, 15) is 9.59 Å². The highest BCUT2D eigenvalue weighted by Gasteiger charge is 2.25. The van der Waals surface area contributed by atoms with E-state index in [0.29, 0.717) is 5.92 Å². The number of hydrogen-bond acceptors (Lipinski definition) is 3. The van der Waals surface area contributed by atoms with Crippen LogP contribution in [0.2, 0.25) is 0 Å². The first-order valence-corrected chi connectivity index (χ1v) is 6.64. The van der Waals surface area contributed by atoms with Crippen LogP contribution in [0.25, 0.3) is 0 Å². The summed E-state index contributed by atoms with van der Waals surface area (Å²) in [6.45, 7) is 1.89. The van der Waals surface area contributed by atoms with E-state index in [-0.39, 0.29) is 12.6 Å². The summed E-state index contributed by atoms with van der Waals surface area (Å²) in [6.07, 6.45) is 6.76. The van der Waals surface area contributed by atoms with Crippen LogP contribution in [-0.4, -0.2) is 24.4 Å². The Bertz CT molecular complexity index is 330.